The predicted octanol–water partition coefficient (Wildman–Crippen LogP) is 0.754. The summed E-state index contributed by atoms with van der Waals surface area (Å²) in [5.41, 5.74) is 6.98. The minimum absolute atomic E-state index is 0.0150. The maximum Gasteiger partial charge on any atom is 0.233 e. The highest BCUT2D eigenvalue weighted by atomic mass is 16.1. The maximum absolute atomic E-state index is 11.4. The second-order valence-corrected chi connectivity index (χ2v) is 3.90. The molecule has 1 amide bonds. The van der Waals surface area contributed by atoms with Gasteiger partial charge in [0.25, 0.3) is 0 Å². The average molecular weight is 235 g/mol. The van der Waals surface area contributed by atoms with Crippen molar-refractivity contribution in [3.05, 3.63) is 35.9 Å². The standard InChI is InChI=1S/C13H21N3O/c1-3-16(10-13(17)15-2)12(9-14)11-7-5-4-6-8-11/h4-8,12H,3,9-10,14H2,1-2H3,(H,15,17). The van der Waals surface area contributed by atoms with Crippen LogP contribution in [-0.2, 0) is 4.79 Å². The molecule has 0 radical (unpaired) electrons. The molecule has 0 fully saturated rings. The molecule has 1 rings (SSSR count). The lowest BCUT2D eigenvalue weighted by Gasteiger charge is -2.29. The van der Waals surface area contributed by atoms with Crippen molar-refractivity contribution >= 4 is 5.91 Å². The molecule has 0 aromatic heterocycles. The van der Waals surface area contributed by atoms with Crippen molar-refractivity contribution < 1.29 is 4.79 Å². The highest BCUT2D eigenvalue weighted by molar-refractivity contribution is 5.77. The van der Waals surface area contributed by atoms with Gasteiger partial charge in [0.1, 0.15) is 0 Å². The third-order valence-corrected chi connectivity index (χ3v) is 2.88. The molecule has 0 heterocycles. The largest absolute Gasteiger partial charge is 0.358 e. The zero-order valence-electron chi connectivity index (χ0n) is 10.5. The minimum Gasteiger partial charge on any atom is -0.358 e. The summed E-state index contributed by atoms with van der Waals surface area (Å²) in [4.78, 5) is 13.5. The van der Waals surface area contributed by atoms with Gasteiger partial charge in [0, 0.05) is 19.6 Å². The van der Waals surface area contributed by atoms with E-state index in [1.807, 2.05) is 37.3 Å². The second-order valence-electron chi connectivity index (χ2n) is 3.90. The molecule has 1 aromatic rings. The molecule has 0 aliphatic rings. The maximum atomic E-state index is 11.4. The lowest BCUT2D eigenvalue weighted by Crippen LogP contribution is -2.40. The molecule has 0 aliphatic carbocycles. The fourth-order valence-corrected chi connectivity index (χ4v) is 1.88. The molecule has 0 aliphatic heterocycles. The van der Waals surface area contributed by atoms with E-state index in [9.17, 15) is 4.79 Å². The lowest BCUT2D eigenvalue weighted by atomic mass is 10.1. The van der Waals surface area contributed by atoms with Crippen molar-refractivity contribution in [1.82, 2.24) is 10.2 Å². The van der Waals surface area contributed by atoms with Gasteiger partial charge < -0.3 is 11.1 Å². The van der Waals surface area contributed by atoms with Gasteiger partial charge in [-0.15, -0.1) is 0 Å². The highest BCUT2D eigenvalue weighted by Gasteiger charge is 2.19. The SMILES string of the molecule is CCN(CC(=O)NC)C(CN)c1ccccc1. The molecule has 1 atom stereocenters. The van der Waals surface area contributed by atoms with Crippen LogP contribution >= 0.6 is 0 Å². The van der Waals surface area contributed by atoms with Crippen molar-refractivity contribution in [2.75, 3.05) is 26.7 Å². The number of hydrogen-bond donors (Lipinski definition) is 2. The molecule has 4 nitrogen and oxygen atoms in total. The third kappa shape index (κ3) is 3.84. The topological polar surface area (TPSA) is 58.4 Å². The van der Waals surface area contributed by atoms with Crippen LogP contribution in [0.3, 0.4) is 0 Å². The molecule has 17 heavy (non-hydrogen) atoms. The smallest absolute Gasteiger partial charge is 0.233 e. The lowest BCUT2D eigenvalue weighted by molar-refractivity contribution is -0.122. The van der Waals surface area contributed by atoms with Gasteiger partial charge in [-0.05, 0) is 12.1 Å². The Hall–Kier alpha value is -1.39. The van der Waals surface area contributed by atoms with Gasteiger partial charge in [-0.2, -0.15) is 0 Å². The summed E-state index contributed by atoms with van der Waals surface area (Å²) in [5, 5.41) is 2.64. The number of benzene rings is 1. The summed E-state index contributed by atoms with van der Waals surface area (Å²) in [6, 6.07) is 10.1. The van der Waals surface area contributed by atoms with Crippen LogP contribution in [0.15, 0.2) is 30.3 Å². The summed E-state index contributed by atoms with van der Waals surface area (Å²) in [6.45, 7) is 3.72. The number of nitrogens with two attached hydrogens (primary N) is 1. The van der Waals surface area contributed by atoms with Crippen LogP contribution < -0.4 is 11.1 Å². The first-order valence-corrected chi connectivity index (χ1v) is 5.92. The summed E-state index contributed by atoms with van der Waals surface area (Å²) >= 11 is 0. The van der Waals surface area contributed by atoms with E-state index in [0.717, 1.165) is 12.1 Å². The van der Waals surface area contributed by atoms with Gasteiger partial charge >= 0.3 is 0 Å². The normalized spacial score (nSPS) is 12.5. The Labute approximate surface area is 103 Å². The Balaban J connectivity index is 2.80. The van der Waals surface area contributed by atoms with Crippen LogP contribution in [0.4, 0.5) is 0 Å². The minimum atomic E-state index is 0.0150. The van der Waals surface area contributed by atoms with E-state index >= 15 is 0 Å². The molecule has 0 spiro atoms. The predicted molar refractivity (Wildman–Crippen MR) is 69.6 cm³/mol. The summed E-state index contributed by atoms with van der Waals surface area (Å²) < 4.78 is 0. The summed E-state index contributed by atoms with van der Waals surface area (Å²) in [6.07, 6.45) is 0. The first kappa shape index (κ1) is 13.7. The Morgan fingerprint density at radius 2 is 2.06 bits per heavy atom. The number of hydrogen-bond acceptors (Lipinski definition) is 3. The zero-order chi connectivity index (χ0) is 12.7. The van der Waals surface area contributed by atoms with Gasteiger partial charge in [0.05, 0.1) is 6.54 Å². The van der Waals surface area contributed by atoms with E-state index in [1.165, 1.54) is 0 Å². The van der Waals surface area contributed by atoms with Gasteiger partial charge in [-0.25, -0.2) is 0 Å². The number of carbonyl (C=O) groups excluding carboxylic acids is 1. The second kappa shape index (κ2) is 7.04. The third-order valence-electron chi connectivity index (χ3n) is 2.88. The molecule has 1 unspecified atom stereocenters. The molecular formula is C13H21N3O. The average Bonchev–Trinajstić information content (AvgIpc) is 2.39. The van der Waals surface area contributed by atoms with Gasteiger partial charge in [0.15, 0.2) is 0 Å². The summed E-state index contributed by atoms with van der Waals surface area (Å²) in [7, 11) is 1.65. The van der Waals surface area contributed by atoms with Crippen molar-refractivity contribution in [3.63, 3.8) is 0 Å². The van der Waals surface area contributed by atoms with E-state index in [-0.39, 0.29) is 11.9 Å². The Morgan fingerprint density at radius 3 is 2.53 bits per heavy atom. The van der Waals surface area contributed by atoms with Crippen LogP contribution in [0.25, 0.3) is 0 Å². The highest BCUT2D eigenvalue weighted by Crippen LogP contribution is 2.18. The molecular weight excluding hydrogens is 214 g/mol. The number of nitrogens with one attached hydrogen (secondary N) is 1. The van der Waals surface area contributed by atoms with E-state index < -0.39 is 0 Å². The van der Waals surface area contributed by atoms with E-state index in [2.05, 4.69) is 10.2 Å². The van der Waals surface area contributed by atoms with Crippen LogP contribution in [-0.4, -0.2) is 37.5 Å². The molecule has 0 saturated heterocycles. The number of rotatable bonds is 6. The van der Waals surface area contributed by atoms with Crippen molar-refractivity contribution in [3.8, 4) is 0 Å². The van der Waals surface area contributed by atoms with Crippen LogP contribution in [0.5, 0.6) is 0 Å². The molecule has 4 heteroatoms. The molecule has 0 bridgehead atoms. The summed E-state index contributed by atoms with van der Waals surface area (Å²) in [5.74, 6) is 0.0150. The molecule has 0 saturated carbocycles. The first-order valence-electron chi connectivity index (χ1n) is 5.92. The number of likely N-dealkylation sites (N-methyl/N-ethyl adjacent to an activating group) is 2. The van der Waals surface area contributed by atoms with Crippen LogP contribution in [0.2, 0.25) is 0 Å². The number of carbonyl (C=O) groups is 1. The molecule has 1 aromatic carbocycles. The van der Waals surface area contributed by atoms with Crippen LogP contribution in [0, 0.1) is 0 Å². The Morgan fingerprint density at radius 1 is 1.41 bits per heavy atom. The van der Waals surface area contributed by atoms with Crippen molar-refractivity contribution in [1.29, 1.82) is 0 Å². The monoisotopic (exact) mass is 235 g/mol. The first-order chi connectivity index (χ1) is 8.22. The van der Waals surface area contributed by atoms with E-state index in [4.69, 9.17) is 5.73 Å². The van der Waals surface area contributed by atoms with Gasteiger partial charge in [-0.1, -0.05) is 37.3 Å². The Kier molecular flexibility index (Phi) is 5.66. The number of nitrogens with zero attached hydrogens (tertiary/aromatic N) is 1. The van der Waals surface area contributed by atoms with Gasteiger partial charge in [-0.3, -0.25) is 9.69 Å². The fourth-order valence-electron chi connectivity index (χ4n) is 1.88. The quantitative estimate of drug-likeness (QED) is 0.765. The Bertz CT molecular complexity index is 340. The molecule has 3 N–H and O–H groups in total. The van der Waals surface area contributed by atoms with Gasteiger partial charge in [0.2, 0.25) is 5.91 Å². The van der Waals surface area contributed by atoms with Crippen molar-refractivity contribution in [2.24, 2.45) is 5.73 Å². The zero-order valence-corrected chi connectivity index (χ0v) is 10.5. The van der Waals surface area contributed by atoms with E-state index in [0.29, 0.717) is 13.1 Å². The molecule has 94 valence electrons. The van der Waals surface area contributed by atoms with Crippen molar-refractivity contribution in [2.45, 2.75) is 13.0 Å². The fraction of sp³-hybridized carbons (Fsp3) is 0.462. The van der Waals surface area contributed by atoms with Crippen LogP contribution in [0.1, 0.15) is 18.5 Å². The number of amides is 1. The van der Waals surface area contributed by atoms with E-state index in [1.54, 1.807) is 7.05 Å².